The van der Waals surface area contributed by atoms with Gasteiger partial charge in [-0.2, -0.15) is 4.99 Å². The van der Waals surface area contributed by atoms with Crippen LogP contribution in [0.1, 0.15) is 19.4 Å². The van der Waals surface area contributed by atoms with E-state index < -0.39 is 0 Å². The quantitative estimate of drug-likeness (QED) is 0.698. The maximum absolute atomic E-state index is 12.1. The molecular weight excluding hydrogens is 364 g/mol. The van der Waals surface area contributed by atoms with Crippen molar-refractivity contribution in [2.24, 2.45) is 4.99 Å². The van der Waals surface area contributed by atoms with E-state index in [2.05, 4.69) is 25.8 Å². The molecule has 22 heavy (non-hydrogen) atoms. The minimum absolute atomic E-state index is 0.153. The Morgan fingerprint density at radius 2 is 2.09 bits per heavy atom. The molecule has 0 unspecified atom stereocenters. The number of amides is 1. The summed E-state index contributed by atoms with van der Waals surface area (Å²) in [5, 5.41) is 0.785. The molecule has 116 valence electrons. The number of thioether (sulfide) groups is 1. The molecular formula is C16H17BrN2O2S. The third-order valence-electron chi connectivity index (χ3n) is 3.45. The molecule has 1 fully saturated rings. The van der Waals surface area contributed by atoms with E-state index >= 15 is 0 Å². The fraction of sp³-hybridized carbons (Fsp3) is 0.375. The van der Waals surface area contributed by atoms with Gasteiger partial charge in [0, 0.05) is 17.6 Å². The maximum Gasteiger partial charge on any atom is 0.286 e. The summed E-state index contributed by atoms with van der Waals surface area (Å²) < 4.78 is 6.72. The van der Waals surface area contributed by atoms with Crippen LogP contribution in [0.4, 0.5) is 0 Å². The van der Waals surface area contributed by atoms with E-state index in [-0.39, 0.29) is 18.1 Å². The summed E-state index contributed by atoms with van der Waals surface area (Å²) in [6.07, 6.45) is 2.20. The van der Waals surface area contributed by atoms with E-state index in [1.165, 1.54) is 11.8 Å². The molecule has 0 radical (unpaired) electrons. The molecule has 0 saturated carbocycles. The number of rotatable bonds is 1. The van der Waals surface area contributed by atoms with Crippen LogP contribution in [0.2, 0.25) is 0 Å². The molecule has 0 aromatic heterocycles. The van der Waals surface area contributed by atoms with E-state index in [0.717, 1.165) is 28.3 Å². The number of carbonyl (C=O) groups excluding carboxylic acids is 1. The highest BCUT2D eigenvalue weighted by atomic mass is 79.9. The molecule has 2 aliphatic rings. The van der Waals surface area contributed by atoms with Crippen molar-refractivity contribution in [2.45, 2.75) is 26.1 Å². The zero-order chi connectivity index (χ0) is 15.7. The highest BCUT2D eigenvalue weighted by molar-refractivity contribution is 9.10. The molecule has 1 aromatic carbocycles. The number of halogens is 1. The second-order valence-corrected chi connectivity index (χ2v) is 7.45. The molecule has 0 aliphatic carbocycles. The Bertz CT molecular complexity index is 649. The molecule has 1 amide bonds. The minimum Gasteiger partial charge on any atom is -0.372 e. The van der Waals surface area contributed by atoms with Gasteiger partial charge in [-0.1, -0.05) is 28.1 Å². The Labute approximate surface area is 142 Å². The van der Waals surface area contributed by atoms with Gasteiger partial charge in [0.05, 0.1) is 17.1 Å². The zero-order valence-corrected chi connectivity index (χ0v) is 14.9. The zero-order valence-electron chi connectivity index (χ0n) is 12.5. The van der Waals surface area contributed by atoms with Crippen LogP contribution >= 0.6 is 27.7 Å². The predicted octanol–water partition coefficient (Wildman–Crippen LogP) is 3.53. The van der Waals surface area contributed by atoms with Crippen LogP contribution in [-0.4, -0.2) is 41.3 Å². The first kappa shape index (κ1) is 15.8. The number of aliphatic imine (C=N–C) groups is 1. The Balaban J connectivity index is 1.76. The van der Waals surface area contributed by atoms with Gasteiger partial charge in [0.15, 0.2) is 5.17 Å². The van der Waals surface area contributed by atoms with Gasteiger partial charge in [-0.15, -0.1) is 0 Å². The van der Waals surface area contributed by atoms with Crippen molar-refractivity contribution in [1.82, 2.24) is 4.90 Å². The molecule has 6 heteroatoms. The molecule has 0 bridgehead atoms. The third-order valence-corrected chi connectivity index (χ3v) is 4.98. The summed E-state index contributed by atoms with van der Waals surface area (Å²) in [5.41, 5.74) is 0.991. The number of morpholine rings is 1. The summed E-state index contributed by atoms with van der Waals surface area (Å²) in [5.74, 6) is -0.160. The lowest BCUT2D eigenvalue weighted by Crippen LogP contribution is -2.47. The van der Waals surface area contributed by atoms with Crippen molar-refractivity contribution in [2.75, 3.05) is 13.1 Å². The number of nitrogens with zero attached hydrogens (tertiary/aromatic N) is 2. The molecule has 2 aliphatic heterocycles. The summed E-state index contributed by atoms with van der Waals surface area (Å²) in [6.45, 7) is 5.63. The lowest BCUT2D eigenvalue weighted by atomic mass is 10.2. The van der Waals surface area contributed by atoms with Crippen molar-refractivity contribution < 1.29 is 9.53 Å². The van der Waals surface area contributed by atoms with Crippen LogP contribution in [0, 0.1) is 0 Å². The van der Waals surface area contributed by atoms with Gasteiger partial charge in [-0.25, -0.2) is 0 Å². The number of carbonyl (C=O) groups is 1. The Morgan fingerprint density at radius 3 is 2.77 bits per heavy atom. The second-order valence-electron chi connectivity index (χ2n) is 5.53. The Morgan fingerprint density at radius 1 is 1.36 bits per heavy atom. The monoisotopic (exact) mass is 380 g/mol. The normalized spacial score (nSPS) is 27.4. The van der Waals surface area contributed by atoms with Gasteiger partial charge in [0.2, 0.25) is 0 Å². The first-order chi connectivity index (χ1) is 10.5. The van der Waals surface area contributed by atoms with Gasteiger partial charge < -0.3 is 9.64 Å². The smallest absolute Gasteiger partial charge is 0.286 e. The standard InChI is InChI=1S/C16H17BrN2O2S/c1-10-8-19(9-11(2)21-10)16-18-15(20)14(22-16)7-12-4-3-5-13(17)6-12/h3-7,10-11H,8-9H2,1-2H3/b14-7-/t10-,11+. The number of ether oxygens (including phenoxy) is 1. The maximum atomic E-state index is 12.1. The van der Waals surface area contributed by atoms with Crippen molar-refractivity contribution in [3.8, 4) is 0 Å². The fourth-order valence-corrected chi connectivity index (χ4v) is 3.96. The molecule has 0 N–H and O–H groups in total. The largest absolute Gasteiger partial charge is 0.372 e. The summed E-state index contributed by atoms with van der Waals surface area (Å²) in [7, 11) is 0. The van der Waals surface area contributed by atoms with Gasteiger partial charge in [0.25, 0.3) is 5.91 Å². The molecule has 4 nitrogen and oxygen atoms in total. The van der Waals surface area contributed by atoms with E-state index in [9.17, 15) is 4.79 Å². The van der Waals surface area contributed by atoms with Crippen molar-refractivity contribution >= 4 is 44.8 Å². The molecule has 1 aromatic rings. The van der Waals surface area contributed by atoms with E-state index in [1.807, 2.05) is 44.2 Å². The lowest BCUT2D eigenvalue weighted by Gasteiger charge is -2.35. The lowest BCUT2D eigenvalue weighted by molar-refractivity contribution is -0.113. The molecule has 1 saturated heterocycles. The van der Waals surface area contributed by atoms with Crippen molar-refractivity contribution in [3.05, 3.63) is 39.2 Å². The summed E-state index contributed by atoms with van der Waals surface area (Å²) >= 11 is 4.89. The van der Waals surface area contributed by atoms with Gasteiger partial charge in [-0.05, 0) is 49.4 Å². The fourth-order valence-electron chi connectivity index (χ4n) is 2.62. The molecule has 2 heterocycles. The topological polar surface area (TPSA) is 41.9 Å². The predicted molar refractivity (Wildman–Crippen MR) is 93.7 cm³/mol. The third kappa shape index (κ3) is 3.62. The van der Waals surface area contributed by atoms with Gasteiger partial charge in [0.1, 0.15) is 0 Å². The van der Waals surface area contributed by atoms with E-state index in [4.69, 9.17) is 4.74 Å². The number of amidine groups is 1. The van der Waals surface area contributed by atoms with Crippen molar-refractivity contribution in [1.29, 1.82) is 0 Å². The minimum atomic E-state index is -0.160. The Hall–Kier alpha value is -1.11. The number of hydrogen-bond donors (Lipinski definition) is 0. The van der Waals surface area contributed by atoms with E-state index in [0.29, 0.717) is 4.91 Å². The molecule has 0 spiro atoms. The molecule has 3 rings (SSSR count). The SMILES string of the molecule is C[C@@H]1CN(C2=NC(=O)/C(=C/c3cccc(Br)c3)S2)C[C@H](C)O1. The van der Waals surface area contributed by atoms with Crippen LogP contribution < -0.4 is 0 Å². The first-order valence-electron chi connectivity index (χ1n) is 7.20. The van der Waals surface area contributed by atoms with Crippen LogP contribution in [0.5, 0.6) is 0 Å². The highest BCUT2D eigenvalue weighted by Crippen LogP contribution is 2.31. The first-order valence-corrected chi connectivity index (χ1v) is 8.81. The Kier molecular flexibility index (Phi) is 4.70. The number of hydrogen-bond acceptors (Lipinski definition) is 4. The summed E-state index contributed by atoms with van der Waals surface area (Å²) in [4.78, 5) is 19.2. The van der Waals surface area contributed by atoms with Crippen LogP contribution in [0.25, 0.3) is 6.08 Å². The van der Waals surface area contributed by atoms with E-state index in [1.54, 1.807) is 0 Å². The molecule has 2 atom stereocenters. The second kappa shape index (κ2) is 6.56. The van der Waals surface area contributed by atoms with Crippen molar-refractivity contribution in [3.63, 3.8) is 0 Å². The average Bonchev–Trinajstić information content (AvgIpc) is 2.79. The van der Waals surface area contributed by atoms with Crippen LogP contribution in [-0.2, 0) is 9.53 Å². The van der Waals surface area contributed by atoms with Gasteiger partial charge in [-0.3, -0.25) is 4.79 Å². The van der Waals surface area contributed by atoms with Gasteiger partial charge >= 0.3 is 0 Å². The number of benzene rings is 1. The van der Waals surface area contributed by atoms with Crippen LogP contribution in [0.15, 0.2) is 38.6 Å². The average molecular weight is 381 g/mol. The van der Waals surface area contributed by atoms with Crippen LogP contribution in [0.3, 0.4) is 0 Å². The highest BCUT2D eigenvalue weighted by Gasteiger charge is 2.30. The summed E-state index contributed by atoms with van der Waals surface area (Å²) in [6, 6.07) is 7.87.